The Bertz CT molecular complexity index is 461. The number of carboxylic acid groups (broad SMARTS) is 1. The molecule has 2 N–H and O–H groups in total. The normalized spacial score (nSPS) is 10.1. The number of benzene rings is 1. The quantitative estimate of drug-likeness (QED) is 0.872. The zero-order valence-electron chi connectivity index (χ0n) is 9.89. The first-order chi connectivity index (χ1) is 8.45. The predicted molar refractivity (Wildman–Crippen MR) is 69.6 cm³/mol. The highest BCUT2D eigenvalue weighted by molar-refractivity contribution is 9.10. The van der Waals surface area contributed by atoms with Gasteiger partial charge in [-0.05, 0) is 40.5 Å². The summed E-state index contributed by atoms with van der Waals surface area (Å²) in [5.41, 5.74) is 0.269. The fourth-order valence-corrected chi connectivity index (χ4v) is 1.76. The lowest BCUT2D eigenvalue weighted by atomic mass is 10.2. The van der Waals surface area contributed by atoms with Crippen LogP contribution in [0.4, 0.5) is 0 Å². The number of nitrogens with zero attached hydrogens (tertiary/aromatic N) is 1. The van der Waals surface area contributed by atoms with Crippen molar-refractivity contribution in [3.8, 4) is 5.75 Å². The third kappa shape index (κ3) is 3.73. The van der Waals surface area contributed by atoms with Crippen molar-refractivity contribution in [1.82, 2.24) is 4.90 Å². The van der Waals surface area contributed by atoms with Crippen molar-refractivity contribution in [3.63, 3.8) is 0 Å². The van der Waals surface area contributed by atoms with Crippen LogP contribution in [0.25, 0.3) is 0 Å². The van der Waals surface area contributed by atoms with Crippen LogP contribution in [0.3, 0.4) is 0 Å². The topological polar surface area (TPSA) is 77.8 Å². The number of phenolic OH excluding ortho intramolecular Hbond substituents is 1. The molecule has 0 fully saturated rings. The first kappa shape index (κ1) is 14.5. The SMILES string of the molecule is CCCN(CC(=O)O)C(=O)c1ccc(Br)c(O)c1. The Hall–Kier alpha value is -1.56. The maximum atomic E-state index is 12.1. The molecule has 0 heterocycles. The fourth-order valence-electron chi connectivity index (χ4n) is 1.51. The molecule has 5 nitrogen and oxygen atoms in total. The average molecular weight is 316 g/mol. The van der Waals surface area contributed by atoms with Gasteiger partial charge in [-0.1, -0.05) is 6.92 Å². The van der Waals surface area contributed by atoms with E-state index < -0.39 is 11.9 Å². The van der Waals surface area contributed by atoms with E-state index >= 15 is 0 Å². The molecule has 1 amide bonds. The molecule has 0 saturated carbocycles. The highest BCUT2D eigenvalue weighted by Crippen LogP contribution is 2.24. The lowest BCUT2D eigenvalue weighted by molar-refractivity contribution is -0.137. The van der Waals surface area contributed by atoms with Crippen molar-refractivity contribution in [3.05, 3.63) is 28.2 Å². The summed E-state index contributed by atoms with van der Waals surface area (Å²) in [7, 11) is 0. The molecular formula is C12H14BrNO4. The zero-order chi connectivity index (χ0) is 13.7. The molecule has 0 atom stereocenters. The Balaban J connectivity index is 2.93. The van der Waals surface area contributed by atoms with Gasteiger partial charge in [0.15, 0.2) is 0 Å². The van der Waals surface area contributed by atoms with E-state index in [9.17, 15) is 14.7 Å². The summed E-state index contributed by atoms with van der Waals surface area (Å²) in [5.74, 6) is -1.51. The van der Waals surface area contributed by atoms with E-state index in [2.05, 4.69) is 15.9 Å². The highest BCUT2D eigenvalue weighted by Gasteiger charge is 2.18. The summed E-state index contributed by atoms with van der Waals surface area (Å²) < 4.78 is 0.485. The van der Waals surface area contributed by atoms with Gasteiger partial charge in [0.2, 0.25) is 0 Å². The van der Waals surface area contributed by atoms with E-state index in [1.165, 1.54) is 17.0 Å². The Kier molecular flexibility index (Phi) is 5.15. The molecule has 0 spiro atoms. The minimum Gasteiger partial charge on any atom is -0.507 e. The smallest absolute Gasteiger partial charge is 0.323 e. The van der Waals surface area contributed by atoms with Crippen LogP contribution in [0.2, 0.25) is 0 Å². The molecular weight excluding hydrogens is 302 g/mol. The van der Waals surface area contributed by atoms with E-state index in [1.54, 1.807) is 6.07 Å². The molecule has 98 valence electrons. The van der Waals surface area contributed by atoms with E-state index in [0.29, 0.717) is 17.4 Å². The molecule has 0 radical (unpaired) electrons. The van der Waals surface area contributed by atoms with Crippen molar-refractivity contribution in [2.45, 2.75) is 13.3 Å². The van der Waals surface area contributed by atoms with Gasteiger partial charge < -0.3 is 15.1 Å². The standard InChI is InChI=1S/C12H14BrNO4/c1-2-5-14(7-11(16)17)12(18)8-3-4-9(13)10(15)6-8/h3-4,6,15H,2,5,7H2,1H3,(H,16,17). The van der Waals surface area contributed by atoms with Gasteiger partial charge in [-0.25, -0.2) is 0 Å². The second kappa shape index (κ2) is 6.39. The molecule has 1 rings (SSSR count). The van der Waals surface area contributed by atoms with Crippen molar-refractivity contribution in [2.75, 3.05) is 13.1 Å². The van der Waals surface area contributed by atoms with Crippen molar-refractivity contribution < 1.29 is 19.8 Å². The number of aromatic hydroxyl groups is 1. The van der Waals surface area contributed by atoms with Crippen molar-refractivity contribution in [1.29, 1.82) is 0 Å². The van der Waals surface area contributed by atoms with Gasteiger partial charge in [0, 0.05) is 12.1 Å². The summed E-state index contributed by atoms with van der Waals surface area (Å²) in [5, 5.41) is 18.3. The second-order valence-corrected chi connectivity index (χ2v) is 4.64. The average Bonchev–Trinajstić information content (AvgIpc) is 2.31. The molecule has 6 heteroatoms. The molecule has 0 saturated heterocycles. The molecule has 18 heavy (non-hydrogen) atoms. The van der Waals surface area contributed by atoms with Gasteiger partial charge in [-0.2, -0.15) is 0 Å². The van der Waals surface area contributed by atoms with Gasteiger partial charge in [0.25, 0.3) is 5.91 Å². The molecule has 0 aliphatic heterocycles. The van der Waals surface area contributed by atoms with Gasteiger partial charge in [0.1, 0.15) is 12.3 Å². The minimum absolute atomic E-state index is 0.0485. The van der Waals surface area contributed by atoms with Crippen LogP contribution in [0.5, 0.6) is 5.75 Å². The third-order valence-corrected chi connectivity index (χ3v) is 2.97. The fraction of sp³-hybridized carbons (Fsp3) is 0.333. The number of hydrogen-bond acceptors (Lipinski definition) is 3. The van der Waals surface area contributed by atoms with Gasteiger partial charge in [0.05, 0.1) is 4.47 Å². The lowest BCUT2D eigenvalue weighted by Gasteiger charge is -2.20. The first-order valence-corrected chi connectivity index (χ1v) is 6.24. The zero-order valence-corrected chi connectivity index (χ0v) is 11.5. The monoisotopic (exact) mass is 315 g/mol. The van der Waals surface area contributed by atoms with Crippen LogP contribution >= 0.6 is 15.9 Å². The van der Waals surface area contributed by atoms with Crippen molar-refractivity contribution >= 4 is 27.8 Å². The molecule has 0 aliphatic rings. The lowest BCUT2D eigenvalue weighted by Crippen LogP contribution is -2.36. The van der Waals surface area contributed by atoms with Gasteiger partial charge >= 0.3 is 5.97 Å². The van der Waals surface area contributed by atoms with Crippen molar-refractivity contribution in [2.24, 2.45) is 0 Å². The maximum Gasteiger partial charge on any atom is 0.323 e. The van der Waals surface area contributed by atoms with E-state index in [-0.39, 0.29) is 17.9 Å². The van der Waals surface area contributed by atoms with Crippen LogP contribution in [-0.4, -0.2) is 40.1 Å². The number of phenols is 1. The van der Waals surface area contributed by atoms with Gasteiger partial charge in [-0.15, -0.1) is 0 Å². The van der Waals surface area contributed by atoms with Crippen LogP contribution in [0.15, 0.2) is 22.7 Å². The number of carbonyl (C=O) groups is 2. The number of carboxylic acids is 1. The largest absolute Gasteiger partial charge is 0.507 e. The summed E-state index contributed by atoms with van der Waals surface area (Å²) >= 11 is 3.12. The second-order valence-electron chi connectivity index (χ2n) is 3.79. The summed E-state index contributed by atoms with van der Waals surface area (Å²) in [6, 6.07) is 4.40. The first-order valence-electron chi connectivity index (χ1n) is 5.45. The molecule has 0 bridgehead atoms. The Morgan fingerprint density at radius 2 is 2.06 bits per heavy atom. The van der Waals surface area contributed by atoms with Gasteiger partial charge in [-0.3, -0.25) is 9.59 Å². The summed E-state index contributed by atoms with van der Waals surface area (Å²) in [6.07, 6.45) is 0.668. The third-order valence-electron chi connectivity index (χ3n) is 2.30. The molecule has 1 aromatic carbocycles. The summed E-state index contributed by atoms with van der Waals surface area (Å²) in [6.45, 7) is 1.88. The number of hydrogen-bond donors (Lipinski definition) is 2. The van der Waals surface area contributed by atoms with Crippen LogP contribution in [-0.2, 0) is 4.79 Å². The highest BCUT2D eigenvalue weighted by atomic mass is 79.9. The number of aliphatic carboxylic acids is 1. The number of rotatable bonds is 5. The molecule has 0 aliphatic carbocycles. The molecule has 0 unspecified atom stereocenters. The summed E-state index contributed by atoms with van der Waals surface area (Å²) in [4.78, 5) is 24.0. The molecule has 1 aromatic rings. The number of carbonyl (C=O) groups excluding carboxylic acids is 1. The van der Waals surface area contributed by atoms with Crippen LogP contribution in [0, 0.1) is 0 Å². The Morgan fingerprint density at radius 1 is 1.39 bits per heavy atom. The number of halogens is 1. The maximum absolute atomic E-state index is 12.1. The van der Waals surface area contributed by atoms with E-state index in [4.69, 9.17) is 5.11 Å². The Morgan fingerprint density at radius 3 is 2.56 bits per heavy atom. The van der Waals surface area contributed by atoms with Crippen LogP contribution in [0.1, 0.15) is 23.7 Å². The molecule has 0 aromatic heterocycles. The Labute approximate surface area is 113 Å². The van der Waals surface area contributed by atoms with E-state index in [1.807, 2.05) is 6.92 Å². The minimum atomic E-state index is -1.06. The number of amides is 1. The predicted octanol–water partition coefficient (Wildman–Crippen LogP) is 2.09. The van der Waals surface area contributed by atoms with E-state index in [0.717, 1.165) is 0 Å². The van der Waals surface area contributed by atoms with Crippen LogP contribution < -0.4 is 0 Å².